The molecule has 0 aromatic rings. The number of hydrogen-bond acceptors (Lipinski definition) is 3. The molecular weight excluding hydrogens is 170 g/mol. The Balaban J connectivity index is 2.57. The Morgan fingerprint density at radius 1 is 1.31 bits per heavy atom. The van der Waals surface area contributed by atoms with E-state index in [4.69, 9.17) is 5.11 Å². The second-order valence-corrected chi connectivity index (χ2v) is 3.62. The van der Waals surface area contributed by atoms with E-state index in [2.05, 4.69) is 0 Å². The van der Waals surface area contributed by atoms with Crippen molar-refractivity contribution in [2.24, 2.45) is 0 Å². The number of aliphatic carboxylic acids is 1. The van der Waals surface area contributed by atoms with Crippen LogP contribution in [0.5, 0.6) is 0 Å². The summed E-state index contributed by atoms with van der Waals surface area (Å²) in [6.45, 7) is 3.12. The third kappa shape index (κ3) is 2.67. The highest BCUT2D eigenvalue weighted by Crippen LogP contribution is 2.14. The van der Waals surface area contributed by atoms with Crippen molar-refractivity contribution >= 4 is 5.97 Å². The predicted molar refractivity (Wildman–Crippen MR) is 48.5 cm³/mol. The van der Waals surface area contributed by atoms with E-state index in [0.29, 0.717) is 0 Å². The van der Waals surface area contributed by atoms with Crippen molar-refractivity contribution in [3.63, 3.8) is 0 Å². The second kappa shape index (κ2) is 4.58. The lowest BCUT2D eigenvalue weighted by Gasteiger charge is -2.33. The van der Waals surface area contributed by atoms with E-state index in [1.807, 2.05) is 4.90 Å². The number of nitrogens with zero attached hydrogens (tertiary/aromatic N) is 1. The first-order valence-corrected chi connectivity index (χ1v) is 4.78. The first-order valence-electron chi connectivity index (χ1n) is 4.78. The van der Waals surface area contributed by atoms with Crippen LogP contribution in [0.2, 0.25) is 0 Å². The summed E-state index contributed by atoms with van der Waals surface area (Å²) in [7, 11) is 0. The molecular formula is C9H17NO3. The van der Waals surface area contributed by atoms with Crippen molar-refractivity contribution < 1.29 is 15.0 Å². The number of carboxylic acids is 1. The molecule has 13 heavy (non-hydrogen) atoms. The van der Waals surface area contributed by atoms with Gasteiger partial charge in [-0.15, -0.1) is 0 Å². The van der Waals surface area contributed by atoms with E-state index >= 15 is 0 Å². The molecule has 76 valence electrons. The van der Waals surface area contributed by atoms with Crippen LogP contribution in [0.15, 0.2) is 0 Å². The van der Waals surface area contributed by atoms with E-state index in [0.717, 1.165) is 25.9 Å². The van der Waals surface area contributed by atoms with Crippen LogP contribution in [0.1, 0.15) is 26.2 Å². The maximum atomic E-state index is 10.8. The van der Waals surface area contributed by atoms with Gasteiger partial charge in [-0.2, -0.15) is 0 Å². The van der Waals surface area contributed by atoms with Crippen LogP contribution in [0.25, 0.3) is 0 Å². The zero-order valence-corrected chi connectivity index (χ0v) is 7.94. The van der Waals surface area contributed by atoms with Crippen molar-refractivity contribution in [2.75, 3.05) is 13.1 Å². The van der Waals surface area contributed by atoms with Crippen molar-refractivity contribution in [3.05, 3.63) is 0 Å². The fraction of sp³-hybridized carbons (Fsp3) is 0.889. The summed E-state index contributed by atoms with van der Waals surface area (Å²) in [4.78, 5) is 12.7. The second-order valence-electron chi connectivity index (χ2n) is 3.62. The summed E-state index contributed by atoms with van der Waals surface area (Å²) >= 11 is 0. The first-order chi connectivity index (χ1) is 6.13. The van der Waals surface area contributed by atoms with Gasteiger partial charge in [-0.25, -0.2) is 0 Å². The van der Waals surface area contributed by atoms with Crippen LogP contribution in [-0.2, 0) is 4.79 Å². The zero-order valence-electron chi connectivity index (χ0n) is 7.94. The number of aliphatic hydroxyl groups excluding tert-OH is 1. The summed E-state index contributed by atoms with van der Waals surface area (Å²) in [5.74, 6) is -0.920. The molecule has 0 radical (unpaired) electrons. The lowest BCUT2D eigenvalue weighted by molar-refractivity contribution is -0.147. The maximum Gasteiger partial charge on any atom is 0.323 e. The average Bonchev–Trinajstić information content (AvgIpc) is 2.04. The minimum Gasteiger partial charge on any atom is -0.480 e. The number of rotatable bonds is 3. The van der Waals surface area contributed by atoms with Crippen LogP contribution in [0.3, 0.4) is 0 Å². The SMILES string of the molecule is C[C@@H](O)[C@@H](C(=O)O)N1CCCCC1. The van der Waals surface area contributed by atoms with Gasteiger partial charge in [0, 0.05) is 0 Å². The average molecular weight is 187 g/mol. The van der Waals surface area contributed by atoms with E-state index < -0.39 is 18.1 Å². The quantitative estimate of drug-likeness (QED) is 0.667. The fourth-order valence-corrected chi connectivity index (χ4v) is 1.86. The number of aliphatic hydroxyl groups is 1. The summed E-state index contributed by atoms with van der Waals surface area (Å²) < 4.78 is 0. The Morgan fingerprint density at radius 3 is 2.23 bits per heavy atom. The largest absolute Gasteiger partial charge is 0.480 e. The molecule has 1 saturated heterocycles. The van der Waals surface area contributed by atoms with Crippen molar-refractivity contribution in [3.8, 4) is 0 Å². The fourth-order valence-electron chi connectivity index (χ4n) is 1.86. The predicted octanol–water partition coefficient (Wildman–Crippen LogP) is 0.306. The summed E-state index contributed by atoms with van der Waals surface area (Å²) in [5, 5.41) is 18.2. The lowest BCUT2D eigenvalue weighted by Crippen LogP contribution is -2.49. The van der Waals surface area contributed by atoms with Crippen LogP contribution < -0.4 is 0 Å². The molecule has 0 spiro atoms. The standard InChI is InChI=1S/C9H17NO3/c1-7(11)8(9(12)13)10-5-3-2-4-6-10/h7-8,11H,2-6H2,1H3,(H,12,13)/t7-,8+/m1/s1. The van der Waals surface area contributed by atoms with Crippen LogP contribution in [0, 0.1) is 0 Å². The molecule has 4 heteroatoms. The van der Waals surface area contributed by atoms with Gasteiger partial charge in [0.2, 0.25) is 0 Å². The molecule has 0 unspecified atom stereocenters. The Hall–Kier alpha value is -0.610. The Morgan fingerprint density at radius 2 is 1.85 bits per heavy atom. The molecule has 4 nitrogen and oxygen atoms in total. The van der Waals surface area contributed by atoms with Crippen LogP contribution in [-0.4, -0.2) is 46.3 Å². The third-order valence-electron chi connectivity index (χ3n) is 2.49. The molecule has 0 saturated carbocycles. The highest BCUT2D eigenvalue weighted by atomic mass is 16.4. The van der Waals surface area contributed by atoms with Gasteiger partial charge in [-0.05, 0) is 32.9 Å². The molecule has 2 N–H and O–H groups in total. The monoisotopic (exact) mass is 187 g/mol. The van der Waals surface area contributed by atoms with E-state index in [-0.39, 0.29) is 0 Å². The molecule has 0 aliphatic carbocycles. The van der Waals surface area contributed by atoms with Crippen molar-refractivity contribution in [1.82, 2.24) is 4.90 Å². The lowest BCUT2D eigenvalue weighted by atomic mass is 10.1. The Labute approximate surface area is 78.2 Å². The highest BCUT2D eigenvalue weighted by Gasteiger charge is 2.30. The Bertz CT molecular complexity index is 176. The van der Waals surface area contributed by atoms with Crippen LogP contribution in [0.4, 0.5) is 0 Å². The van der Waals surface area contributed by atoms with E-state index in [1.54, 1.807) is 0 Å². The summed E-state index contributed by atoms with van der Waals surface area (Å²) in [5.41, 5.74) is 0. The van der Waals surface area contributed by atoms with Gasteiger partial charge < -0.3 is 10.2 Å². The zero-order chi connectivity index (χ0) is 9.84. The van der Waals surface area contributed by atoms with Gasteiger partial charge in [-0.1, -0.05) is 6.42 Å². The molecule has 0 aromatic carbocycles. The molecule has 0 amide bonds. The smallest absolute Gasteiger partial charge is 0.323 e. The van der Waals surface area contributed by atoms with Gasteiger partial charge in [0.1, 0.15) is 6.04 Å². The molecule has 1 heterocycles. The van der Waals surface area contributed by atoms with Crippen LogP contribution >= 0.6 is 0 Å². The molecule has 1 aliphatic rings. The molecule has 2 atom stereocenters. The third-order valence-corrected chi connectivity index (χ3v) is 2.49. The molecule has 1 rings (SSSR count). The maximum absolute atomic E-state index is 10.8. The minimum atomic E-state index is -0.920. The number of piperidine rings is 1. The van der Waals surface area contributed by atoms with E-state index in [1.165, 1.54) is 13.3 Å². The van der Waals surface area contributed by atoms with Gasteiger partial charge in [0.05, 0.1) is 6.10 Å². The Kier molecular flexibility index (Phi) is 3.69. The van der Waals surface area contributed by atoms with Crippen molar-refractivity contribution in [2.45, 2.75) is 38.3 Å². The summed E-state index contributed by atoms with van der Waals surface area (Å²) in [6.07, 6.45) is 2.45. The number of hydrogen-bond donors (Lipinski definition) is 2. The van der Waals surface area contributed by atoms with Gasteiger partial charge >= 0.3 is 5.97 Å². The summed E-state index contributed by atoms with van der Waals surface area (Å²) in [6, 6.07) is -0.722. The molecule has 0 bridgehead atoms. The number of likely N-dealkylation sites (tertiary alicyclic amines) is 1. The van der Waals surface area contributed by atoms with Gasteiger partial charge in [-0.3, -0.25) is 9.69 Å². The normalized spacial score (nSPS) is 23.8. The molecule has 0 aromatic heterocycles. The number of carbonyl (C=O) groups is 1. The van der Waals surface area contributed by atoms with Gasteiger partial charge in [0.25, 0.3) is 0 Å². The molecule has 1 fully saturated rings. The van der Waals surface area contributed by atoms with Gasteiger partial charge in [0.15, 0.2) is 0 Å². The van der Waals surface area contributed by atoms with Crippen molar-refractivity contribution in [1.29, 1.82) is 0 Å². The first kappa shape index (κ1) is 10.5. The topological polar surface area (TPSA) is 60.8 Å². The molecule has 1 aliphatic heterocycles. The highest BCUT2D eigenvalue weighted by molar-refractivity contribution is 5.74. The number of carboxylic acid groups (broad SMARTS) is 1. The minimum absolute atomic E-state index is 0.722. The van der Waals surface area contributed by atoms with E-state index in [9.17, 15) is 9.90 Å².